The number of anilines is 1. The third-order valence-corrected chi connectivity index (χ3v) is 2.79. The molecule has 0 aromatic heterocycles. The molecule has 2 rings (SSSR count). The summed E-state index contributed by atoms with van der Waals surface area (Å²) >= 11 is 0. The fourth-order valence-corrected chi connectivity index (χ4v) is 2.00. The molecule has 4 nitrogen and oxygen atoms in total. The van der Waals surface area contributed by atoms with Crippen LogP contribution in [0.5, 0.6) is 0 Å². The maximum Gasteiger partial charge on any atom is 0.240 e. The van der Waals surface area contributed by atoms with Crippen LogP contribution in [0.2, 0.25) is 0 Å². The van der Waals surface area contributed by atoms with Gasteiger partial charge in [0.15, 0.2) is 0 Å². The Morgan fingerprint density at radius 2 is 2.38 bits per heavy atom. The van der Waals surface area contributed by atoms with E-state index in [0.29, 0.717) is 13.0 Å². The van der Waals surface area contributed by atoms with Crippen LogP contribution in [0.25, 0.3) is 0 Å². The van der Waals surface area contributed by atoms with Crippen LogP contribution in [0.1, 0.15) is 18.9 Å². The minimum Gasteiger partial charge on any atom is -0.330 e. The van der Waals surface area contributed by atoms with E-state index in [1.807, 2.05) is 24.1 Å². The summed E-state index contributed by atoms with van der Waals surface area (Å²) in [6.45, 7) is 2.68. The molecule has 86 valence electrons. The second-order valence-electron chi connectivity index (χ2n) is 4.17. The van der Waals surface area contributed by atoms with E-state index in [9.17, 15) is 4.79 Å². The molecule has 1 saturated heterocycles. The van der Waals surface area contributed by atoms with E-state index in [-0.39, 0.29) is 11.9 Å². The molecule has 16 heavy (non-hydrogen) atoms. The Bertz CT molecular complexity index is 392. The van der Waals surface area contributed by atoms with Gasteiger partial charge in [0.05, 0.1) is 18.2 Å². The number of carbonyl (C=O) groups is 1. The first-order chi connectivity index (χ1) is 7.70. The molecule has 1 fully saturated rings. The number of amides is 1. The number of rotatable bonds is 3. The van der Waals surface area contributed by atoms with E-state index in [1.54, 1.807) is 0 Å². The monoisotopic (exact) mass is 219 g/mol. The molecule has 0 spiro atoms. The minimum atomic E-state index is 0.0803. The van der Waals surface area contributed by atoms with Crippen molar-refractivity contribution in [2.45, 2.75) is 25.8 Å². The van der Waals surface area contributed by atoms with Gasteiger partial charge < -0.3 is 5.73 Å². The lowest BCUT2D eigenvalue weighted by molar-refractivity contribution is -0.119. The molecule has 3 N–H and O–H groups in total. The van der Waals surface area contributed by atoms with E-state index in [1.165, 1.54) is 5.56 Å². The molecule has 4 heteroatoms. The molecule has 0 aliphatic carbocycles. The van der Waals surface area contributed by atoms with E-state index < -0.39 is 0 Å². The van der Waals surface area contributed by atoms with Crippen molar-refractivity contribution >= 4 is 11.6 Å². The van der Waals surface area contributed by atoms with Crippen LogP contribution in [0.15, 0.2) is 24.3 Å². The largest absolute Gasteiger partial charge is 0.330 e. The maximum atomic E-state index is 11.3. The molecular formula is C12H17N3O. The van der Waals surface area contributed by atoms with Crippen molar-refractivity contribution in [3.05, 3.63) is 29.8 Å². The first-order valence-electron chi connectivity index (χ1n) is 5.58. The highest BCUT2D eigenvalue weighted by Crippen LogP contribution is 2.21. The van der Waals surface area contributed by atoms with Gasteiger partial charge in [-0.15, -0.1) is 0 Å². The second-order valence-corrected chi connectivity index (χ2v) is 4.17. The summed E-state index contributed by atoms with van der Waals surface area (Å²) in [7, 11) is 0. The van der Waals surface area contributed by atoms with Gasteiger partial charge in [-0.3, -0.25) is 15.2 Å². The van der Waals surface area contributed by atoms with E-state index >= 15 is 0 Å². The van der Waals surface area contributed by atoms with Crippen LogP contribution in [0.4, 0.5) is 5.69 Å². The standard InChI is InChI=1S/C12H17N3O/c1-9-7-12(16)14-15(9)11-4-2-3-10(8-11)5-6-13/h2-4,8-9H,5-7,13H2,1H3,(H,14,16). The molecule has 0 radical (unpaired) electrons. The number of carbonyl (C=O) groups excluding carboxylic acids is 1. The van der Waals surface area contributed by atoms with Gasteiger partial charge in [-0.2, -0.15) is 0 Å². The zero-order valence-electron chi connectivity index (χ0n) is 9.44. The molecule has 0 saturated carbocycles. The zero-order chi connectivity index (χ0) is 11.5. The number of hydrogen-bond donors (Lipinski definition) is 2. The van der Waals surface area contributed by atoms with Gasteiger partial charge in [-0.1, -0.05) is 12.1 Å². The van der Waals surface area contributed by atoms with Crippen LogP contribution in [0, 0.1) is 0 Å². The summed E-state index contributed by atoms with van der Waals surface area (Å²) in [6.07, 6.45) is 1.42. The summed E-state index contributed by atoms with van der Waals surface area (Å²) < 4.78 is 0. The van der Waals surface area contributed by atoms with Crippen molar-refractivity contribution in [1.82, 2.24) is 5.43 Å². The van der Waals surface area contributed by atoms with Crippen molar-refractivity contribution in [3.8, 4) is 0 Å². The van der Waals surface area contributed by atoms with Gasteiger partial charge in [-0.25, -0.2) is 0 Å². The van der Waals surface area contributed by atoms with Crippen LogP contribution in [-0.2, 0) is 11.2 Å². The summed E-state index contributed by atoms with van der Waals surface area (Å²) in [5.41, 5.74) is 10.6. The van der Waals surface area contributed by atoms with Gasteiger partial charge >= 0.3 is 0 Å². The van der Waals surface area contributed by atoms with Gasteiger partial charge in [-0.05, 0) is 37.6 Å². The highest BCUT2D eigenvalue weighted by atomic mass is 16.2. The predicted octanol–water partition coefficient (Wildman–Crippen LogP) is 0.818. The Kier molecular flexibility index (Phi) is 3.10. The van der Waals surface area contributed by atoms with Crippen LogP contribution < -0.4 is 16.2 Å². The molecule has 1 aromatic carbocycles. The lowest BCUT2D eigenvalue weighted by Crippen LogP contribution is -2.37. The summed E-state index contributed by atoms with van der Waals surface area (Å²) in [5, 5.41) is 1.92. The first kappa shape index (κ1) is 11.0. The van der Waals surface area contributed by atoms with E-state index in [2.05, 4.69) is 17.6 Å². The average Bonchev–Trinajstić information content (AvgIpc) is 2.59. The predicted molar refractivity (Wildman–Crippen MR) is 63.9 cm³/mol. The summed E-state index contributed by atoms with van der Waals surface area (Å²) in [5.74, 6) is 0.0803. The van der Waals surface area contributed by atoms with Crippen molar-refractivity contribution in [2.75, 3.05) is 11.6 Å². The Balaban J connectivity index is 2.20. The number of nitrogens with zero attached hydrogens (tertiary/aromatic N) is 1. The highest BCUT2D eigenvalue weighted by Gasteiger charge is 2.26. The average molecular weight is 219 g/mol. The molecule has 1 aliphatic rings. The fourth-order valence-electron chi connectivity index (χ4n) is 2.00. The fraction of sp³-hybridized carbons (Fsp3) is 0.417. The molecule has 1 unspecified atom stereocenters. The van der Waals surface area contributed by atoms with Crippen molar-refractivity contribution < 1.29 is 4.79 Å². The van der Waals surface area contributed by atoms with Crippen LogP contribution in [-0.4, -0.2) is 18.5 Å². The molecule has 1 atom stereocenters. The molecule has 1 heterocycles. The third kappa shape index (κ3) is 2.17. The minimum absolute atomic E-state index is 0.0803. The summed E-state index contributed by atoms with van der Waals surface area (Å²) in [6, 6.07) is 8.34. The Morgan fingerprint density at radius 3 is 3.00 bits per heavy atom. The second kappa shape index (κ2) is 4.53. The van der Waals surface area contributed by atoms with Gasteiger partial charge in [0, 0.05) is 0 Å². The van der Waals surface area contributed by atoms with Crippen molar-refractivity contribution in [1.29, 1.82) is 0 Å². The SMILES string of the molecule is CC1CC(=O)NN1c1cccc(CCN)c1. The molecule has 1 aliphatic heterocycles. The quantitative estimate of drug-likeness (QED) is 0.791. The van der Waals surface area contributed by atoms with Crippen molar-refractivity contribution in [2.24, 2.45) is 5.73 Å². The van der Waals surface area contributed by atoms with Crippen molar-refractivity contribution in [3.63, 3.8) is 0 Å². The van der Waals surface area contributed by atoms with Gasteiger partial charge in [0.2, 0.25) is 5.91 Å². The zero-order valence-corrected chi connectivity index (χ0v) is 9.44. The number of benzene rings is 1. The summed E-state index contributed by atoms with van der Waals surface area (Å²) in [4.78, 5) is 11.3. The van der Waals surface area contributed by atoms with Crippen LogP contribution in [0.3, 0.4) is 0 Å². The van der Waals surface area contributed by atoms with Gasteiger partial charge in [0.25, 0.3) is 0 Å². The number of hydrogen-bond acceptors (Lipinski definition) is 3. The topological polar surface area (TPSA) is 58.4 Å². The Labute approximate surface area is 95.4 Å². The maximum absolute atomic E-state index is 11.3. The molecule has 0 bridgehead atoms. The van der Waals surface area contributed by atoms with E-state index in [4.69, 9.17) is 5.73 Å². The highest BCUT2D eigenvalue weighted by molar-refractivity contribution is 5.82. The molecule has 1 amide bonds. The third-order valence-electron chi connectivity index (χ3n) is 2.79. The molecular weight excluding hydrogens is 202 g/mol. The van der Waals surface area contributed by atoms with Crippen LogP contribution >= 0.6 is 0 Å². The molecule has 1 aromatic rings. The first-order valence-corrected chi connectivity index (χ1v) is 5.58. The smallest absolute Gasteiger partial charge is 0.240 e. The number of nitrogens with two attached hydrogens (primary N) is 1. The number of nitrogens with one attached hydrogen (secondary N) is 1. The Hall–Kier alpha value is -1.55. The van der Waals surface area contributed by atoms with E-state index in [0.717, 1.165) is 12.1 Å². The lowest BCUT2D eigenvalue weighted by Gasteiger charge is -2.23. The Morgan fingerprint density at radius 1 is 1.56 bits per heavy atom. The number of hydrazine groups is 1. The normalized spacial score (nSPS) is 20.0. The van der Waals surface area contributed by atoms with Gasteiger partial charge in [0.1, 0.15) is 0 Å². The lowest BCUT2D eigenvalue weighted by atomic mass is 10.1.